The van der Waals surface area contributed by atoms with Crippen molar-refractivity contribution in [3.05, 3.63) is 66.7 Å². The Kier molecular flexibility index (Phi) is 2.94. The molecule has 5 rings (SSSR count). The fourth-order valence-electron chi connectivity index (χ4n) is 4.35. The van der Waals surface area contributed by atoms with E-state index in [0.29, 0.717) is 5.92 Å². The molecule has 114 valence electrons. The van der Waals surface area contributed by atoms with E-state index >= 15 is 0 Å². The molecule has 1 nitrogen and oxygen atoms in total. The van der Waals surface area contributed by atoms with E-state index in [1.54, 1.807) is 0 Å². The van der Waals surface area contributed by atoms with Gasteiger partial charge in [0.05, 0.1) is 6.61 Å². The van der Waals surface area contributed by atoms with Crippen LogP contribution in [-0.4, -0.2) is 6.61 Å². The first kappa shape index (κ1) is 13.2. The summed E-state index contributed by atoms with van der Waals surface area (Å²) < 4.78 is 6.27. The van der Waals surface area contributed by atoms with Crippen molar-refractivity contribution in [1.29, 1.82) is 0 Å². The minimum Gasteiger partial charge on any atom is -0.493 e. The summed E-state index contributed by atoms with van der Waals surface area (Å²) in [7, 11) is 0. The van der Waals surface area contributed by atoms with Crippen LogP contribution in [0.5, 0.6) is 5.75 Å². The van der Waals surface area contributed by atoms with Crippen LogP contribution in [0, 0.1) is 17.8 Å². The van der Waals surface area contributed by atoms with E-state index in [1.165, 1.54) is 34.4 Å². The maximum Gasteiger partial charge on any atom is 0.127 e. The number of allylic oxidation sites excluding steroid dienone is 2. The van der Waals surface area contributed by atoms with E-state index in [9.17, 15) is 0 Å². The molecule has 3 atom stereocenters. The number of fused-ring (bicyclic) bond motifs is 4. The van der Waals surface area contributed by atoms with Gasteiger partial charge in [0, 0.05) is 5.39 Å². The SMILES string of the molecule is C1=CC2CC1CC2COc1cccc2cc3ccccc3cc12. The third-order valence-electron chi connectivity index (χ3n) is 5.58. The van der Waals surface area contributed by atoms with E-state index < -0.39 is 0 Å². The molecule has 2 aliphatic carbocycles. The Morgan fingerprint density at radius 2 is 1.65 bits per heavy atom. The van der Waals surface area contributed by atoms with Crippen molar-refractivity contribution in [3.8, 4) is 5.75 Å². The normalized spacial score (nSPS) is 25.5. The molecular formula is C22H20O. The third kappa shape index (κ3) is 2.23. The minimum atomic E-state index is 0.695. The average Bonchev–Trinajstić information content (AvgIpc) is 3.21. The molecule has 2 aliphatic rings. The summed E-state index contributed by atoms with van der Waals surface area (Å²) in [5.74, 6) is 3.28. The predicted octanol–water partition coefficient (Wildman–Crippen LogP) is 5.58. The van der Waals surface area contributed by atoms with Gasteiger partial charge in [-0.2, -0.15) is 0 Å². The van der Waals surface area contributed by atoms with Crippen molar-refractivity contribution in [2.75, 3.05) is 6.61 Å². The van der Waals surface area contributed by atoms with Crippen LogP contribution in [0.15, 0.2) is 66.7 Å². The Balaban J connectivity index is 1.48. The molecule has 0 radical (unpaired) electrons. The molecule has 23 heavy (non-hydrogen) atoms. The quantitative estimate of drug-likeness (QED) is 0.453. The number of benzene rings is 3. The summed E-state index contributed by atoms with van der Waals surface area (Å²) in [5.41, 5.74) is 0. The summed E-state index contributed by atoms with van der Waals surface area (Å²) in [6, 6.07) is 19.5. The van der Waals surface area contributed by atoms with Gasteiger partial charge in [0.1, 0.15) is 5.75 Å². The third-order valence-corrected chi connectivity index (χ3v) is 5.58. The highest BCUT2D eigenvalue weighted by Crippen LogP contribution is 2.43. The van der Waals surface area contributed by atoms with Crippen molar-refractivity contribution in [2.45, 2.75) is 12.8 Å². The number of rotatable bonds is 3. The lowest BCUT2D eigenvalue weighted by Gasteiger charge is -2.19. The largest absolute Gasteiger partial charge is 0.493 e. The lowest BCUT2D eigenvalue weighted by molar-refractivity contribution is 0.230. The van der Waals surface area contributed by atoms with Gasteiger partial charge in [0.25, 0.3) is 0 Å². The zero-order chi connectivity index (χ0) is 15.2. The maximum atomic E-state index is 6.27. The van der Waals surface area contributed by atoms with Crippen LogP contribution < -0.4 is 4.74 Å². The van der Waals surface area contributed by atoms with Crippen molar-refractivity contribution in [2.24, 2.45) is 17.8 Å². The number of hydrogen-bond donors (Lipinski definition) is 0. The molecule has 1 saturated carbocycles. The molecule has 2 bridgehead atoms. The van der Waals surface area contributed by atoms with Crippen molar-refractivity contribution < 1.29 is 4.74 Å². The van der Waals surface area contributed by atoms with Crippen molar-refractivity contribution in [3.63, 3.8) is 0 Å². The van der Waals surface area contributed by atoms with E-state index in [0.717, 1.165) is 24.2 Å². The van der Waals surface area contributed by atoms with Crippen LogP contribution in [0.2, 0.25) is 0 Å². The van der Waals surface area contributed by atoms with Crippen LogP contribution in [-0.2, 0) is 0 Å². The molecule has 3 unspecified atom stereocenters. The topological polar surface area (TPSA) is 9.23 Å². The molecule has 1 fully saturated rings. The molecule has 1 heteroatoms. The highest BCUT2D eigenvalue weighted by molar-refractivity contribution is 6.00. The monoisotopic (exact) mass is 300 g/mol. The average molecular weight is 300 g/mol. The molecule has 0 saturated heterocycles. The second-order valence-corrected chi connectivity index (χ2v) is 7.03. The number of ether oxygens (including phenoxy) is 1. The van der Waals surface area contributed by atoms with Gasteiger partial charge < -0.3 is 4.74 Å². The smallest absolute Gasteiger partial charge is 0.127 e. The van der Waals surface area contributed by atoms with Crippen LogP contribution in [0.25, 0.3) is 21.5 Å². The van der Waals surface area contributed by atoms with E-state index in [1.807, 2.05) is 0 Å². The van der Waals surface area contributed by atoms with Gasteiger partial charge in [-0.25, -0.2) is 0 Å². The van der Waals surface area contributed by atoms with Crippen LogP contribution >= 0.6 is 0 Å². The molecular weight excluding hydrogens is 280 g/mol. The zero-order valence-corrected chi connectivity index (χ0v) is 13.1. The Hall–Kier alpha value is -2.28. The Morgan fingerprint density at radius 3 is 2.43 bits per heavy atom. The fraction of sp³-hybridized carbons (Fsp3) is 0.273. The molecule has 0 aromatic heterocycles. The minimum absolute atomic E-state index is 0.695. The van der Waals surface area contributed by atoms with Gasteiger partial charge in [0.2, 0.25) is 0 Å². The van der Waals surface area contributed by atoms with Crippen molar-refractivity contribution in [1.82, 2.24) is 0 Å². The van der Waals surface area contributed by atoms with Crippen molar-refractivity contribution >= 4 is 21.5 Å². The maximum absolute atomic E-state index is 6.27. The summed E-state index contributed by atoms with van der Waals surface area (Å²) in [5, 5.41) is 5.05. The second kappa shape index (κ2) is 5.13. The van der Waals surface area contributed by atoms with Gasteiger partial charge in [-0.05, 0) is 65.0 Å². The first-order valence-corrected chi connectivity index (χ1v) is 8.59. The van der Waals surface area contributed by atoms with E-state index in [-0.39, 0.29) is 0 Å². The van der Waals surface area contributed by atoms with E-state index in [2.05, 4.69) is 66.7 Å². The highest BCUT2D eigenvalue weighted by Gasteiger charge is 2.35. The van der Waals surface area contributed by atoms with Crippen LogP contribution in [0.1, 0.15) is 12.8 Å². The molecule has 0 amide bonds. The molecule has 0 heterocycles. The van der Waals surface area contributed by atoms with Gasteiger partial charge in [0.15, 0.2) is 0 Å². The zero-order valence-electron chi connectivity index (χ0n) is 13.1. The Labute approximate surface area is 136 Å². The first-order chi connectivity index (χ1) is 11.4. The summed E-state index contributed by atoms with van der Waals surface area (Å²) in [4.78, 5) is 0. The molecule has 0 spiro atoms. The molecule has 3 aromatic rings. The summed E-state index contributed by atoms with van der Waals surface area (Å²) in [6.45, 7) is 0.845. The summed E-state index contributed by atoms with van der Waals surface area (Å²) >= 11 is 0. The highest BCUT2D eigenvalue weighted by atomic mass is 16.5. The van der Waals surface area contributed by atoms with Gasteiger partial charge in [-0.1, -0.05) is 48.6 Å². The summed E-state index contributed by atoms with van der Waals surface area (Å²) in [6.07, 6.45) is 7.44. The lowest BCUT2D eigenvalue weighted by Crippen LogP contribution is -2.16. The predicted molar refractivity (Wildman–Crippen MR) is 95.8 cm³/mol. The van der Waals surface area contributed by atoms with E-state index in [4.69, 9.17) is 4.74 Å². The van der Waals surface area contributed by atoms with Gasteiger partial charge in [-0.15, -0.1) is 0 Å². The van der Waals surface area contributed by atoms with Crippen LogP contribution in [0.4, 0.5) is 0 Å². The van der Waals surface area contributed by atoms with Crippen LogP contribution in [0.3, 0.4) is 0 Å². The Bertz CT molecular complexity index is 908. The standard InChI is InChI=1S/C22H20O/c1-2-5-17-13-21-19(12-16(17)4-1)6-3-7-22(21)23-14-20-11-15-8-9-18(20)10-15/h1-9,12-13,15,18,20H,10-11,14H2. The fourth-order valence-corrected chi connectivity index (χ4v) is 4.35. The van der Waals surface area contributed by atoms with Gasteiger partial charge >= 0.3 is 0 Å². The Morgan fingerprint density at radius 1 is 0.826 bits per heavy atom. The molecule has 0 N–H and O–H groups in total. The molecule has 3 aromatic carbocycles. The first-order valence-electron chi connectivity index (χ1n) is 8.59. The van der Waals surface area contributed by atoms with Gasteiger partial charge in [-0.3, -0.25) is 0 Å². The second-order valence-electron chi connectivity index (χ2n) is 7.03. The number of hydrogen-bond acceptors (Lipinski definition) is 1. The molecule has 0 aliphatic heterocycles. The lowest BCUT2D eigenvalue weighted by atomic mass is 9.94.